The summed E-state index contributed by atoms with van der Waals surface area (Å²) >= 11 is 0. The highest BCUT2D eigenvalue weighted by atomic mass is 16.2. The smallest absolute Gasteiger partial charge is 0.308 e. The van der Waals surface area contributed by atoms with Crippen molar-refractivity contribution < 1.29 is 4.79 Å². The third-order valence-electron chi connectivity index (χ3n) is 4.82. The molecule has 29 heavy (non-hydrogen) atoms. The van der Waals surface area contributed by atoms with Crippen molar-refractivity contribution in [2.75, 3.05) is 10.6 Å². The molecule has 0 aliphatic heterocycles. The highest BCUT2D eigenvalue weighted by Crippen LogP contribution is 2.30. The number of urea groups is 1. The number of rotatable bonds is 3. The molecule has 5 nitrogen and oxygen atoms in total. The molecule has 0 unspecified atom stereocenters. The van der Waals surface area contributed by atoms with Crippen molar-refractivity contribution in [2.24, 2.45) is 0 Å². The van der Waals surface area contributed by atoms with Gasteiger partial charge in [-0.25, -0.2) is 9.78 Å². The van der Waals surface area contributed by atoms with Crippen molar-refractivity contribution in [3.63, 3.8) is 0 Å². The number of pyridine rings is 1. The minimum absolute atomic E-state index is 0.304. The number of fused-ring (bicyclic) bond motifs is 1. The second-order valence-corrected chi connectivity index (χ2v) is 7.56. The average Bonchev–Trinajstić information content (AvgIpc) is 3.00. The second kappa shape index (κ2) is 7.43. The third-order valence-corrected chi connectivity index (χ3v) is 4.82. The number of anilines is 2. The Morgan fingerprint density at radius 3 is 2.17 bits per heavy atom. The first-order chi connectivity index (χ1) is 13.9. The molecule has 0 saturated carbocycles. The lowest BCUT2D eigenvalue weighted by Crippen LogP contribution is -2.20. The van der Waals surface area contributed by atoms with Crippen LogP contribution in [-0.4, -0.2) is 15.4 Å². The summed E-state index contributed by atoms with van der Waals surface area (Å²) in [6, 6.07) is 17.7. The van der Waals surface area contributed by atoms with Gasteiger partial charge in [0.1, 0.15) is 17.2 Å². The van der Waals surface area contributed by atoms with Gasteiger partial charge in [0.25, 0.3) is 0 Å². The largest absolute Gasteiger partial charge is 0.324 e. The maximum atomic E-state index is 12.7. The van der Waals surface area contributed by atoms with Crippen molar-refractivity contribution in [1.82, 2.24) is 9.38 Å². The Hall–Kier alpha value is -3.60. The van der Waals surface area contributed by atoms with Gasteiger partial charge in [0.15, 0.2) is 0 Å². The molecule has 0 spiro atoms. The molecule has 0 fully saturated rings. The van der Waals surface area contributed by atoms with Gasteiger partial charge in [0.2, 0.25) is 0 Å². The molecular formula is C24H24N4O. The van der Waals surface area contributed by atoms with Crippen LogP contribution >= 0.6 is 0 Å². The Balaban J connectivity index is 1.75. The number of carbonyl (C=O) groups excluding carboxylic acids is 1. The van der Waals surface area contributed by atoms with E-state index in [9.17, 15) is 4.79 Å². The van der Waals surface area contributed by atoms with E-state index in [0.717, 1.165) is 44.8 Å². The number of amides is 2. The van der Waals surface area contributed by atoms with Crippen LogP contribution in [0.3, 0.4) is 0 Å². The van der Waals surface area contributed by atoms with Crippen LogP contribution in [0.25, 0.3) is 16.9 Å². The molecule has 0 atom stereocenters. The van der Waals surface area contributed by atoms with Crippen LogP contribution in [-0.2, 0) is 0 Å². The Bertz CT molecular complexity index is 1190. The zero-order valence-corrected chi connectivity index (χ0v) is 17.1. The van der Waals surface area contributed by atoms with E-state index in [1.54, 1.807) is 0 Å². The number of aromatic nitrogens is 2. The van der Waals surface area contributed by atoms with Gasteiger partial charge < -0.3 is 5.32 Å². The average molecular weight is 384 g/mol. The third kappa shape index (κ3) is 3.99. The number of carbonyl (C=O) groups is 1. The number of nitrogens with one attached hydrogen (secondary N) is 2. The summed E-state index contributed by atoms with van der Waals surface area (Å²) in [5.74, 6) is 0.648. The van der Waals surface area contributed by atoms with Crippen molar-refractivity contribution in [2.45, 2.75) is 27.7 Å². The Morgan fingerprint density at radius 1 is 0.793 bits per heavy atom. The molecular weight excluding hydrogens is 360 g/mol. The predicted molar refractivity (Wildman–Crippen MR) is 119 cm³/mol. The number of imidazole rings is 1. The summed E-state index contributed by atoms with van der Waals surface area (Å²) in [5, 5.41) is 5.90. The van der Waals surface area contributed by atoms with Crippen molar-refractivity contribution in [3.05, 3.63) is 83.0 Å². The van der Waals surface area contributed by atoms with E-state index in [2.05, 4.69) is 42.7 Å². The summed E-state index contributed by atoms with van der Waals surface area (Å²) < 4.78 is 1.91. The van der Waals surface area contributed by atoms with E-state index in [4.69, 9.17) is 4.98 Å². The maximum absolute atomic E-state index is 12.7. The lowest BCUT2D eigenvalue weighted by molar-refractivity contribution is 0.262. The molecule has 2 N–H and O–H groups in total. The van der Waals surface area contributed by atoms with E-state index in [0.29, 0.717) is 5.82 Å². The summed E-state index contributed by atoms with van der Waals surface area (Å²) in [6.07, 6.45) is 1.94. The Morgan fingerprint density at radius 2 is 1.48 bits per heavy atom. The van der Waals surface area contributed by atoms with Crippen LogP contribution in [0.5, 0.6) is 0 Å². The summed E-state index contributed by atoms with van der Waals surface area (Å²) in [4.78, 5) is 17.5. The highest BCUT2D eigenvalue weighted by Gasteiger charge is 2.17. The molecule has 5 heteroatoms. The first-order valence-corrected chi connectivity index (χ1v) is 9.61. The van der Waals surface area contributed by atoms with Gasteiger partial charge in [-0.15, -0.1) is 0 Å². The van der Waals surface area contributed by atoms with E-state index in [1.165, 1.54) is 0 Å². The first kappa shape index (κ1) is 18.7. The van der Waals surface area contributed by atoms with Gasteiger partial charge in [-0.2, -0.15) is 0 Å². The highest BCUT2D eigenvalue weighted by molar-refractivity contribution is 6.01. The van der Waals surface area contributed by atoms with Gasteiger partial charge in [-0.3, -0.25) is 9.72 Å². The predicted octanol–water partition coefficient (Wildman–Crippen LogP) is 5.88. The van der Waals surface area contributed by atoms with Crippen LogP contribution in [0.4, 0.5) is 16.3 Å². The minimum atomic E-state index is -0.304. The fourth-order valence-electron chi connectivity index (χ4n) is 3.49. The van der Waals surface area contributed by atoms with E-state index in [1.807, 2.05) is 60.8 Å². The van der Waals surface area contributed by atoms with Crippen LogP contribution in [0.1, 0.15) is 22.3 Å². The Kier molecular flexibility index (Phi) is 4.80. The number of hydrogen-bond donors (Lipinski definition) is 2. The molecule has 2 heterocycles. The number of hydrogen-bond acceptors (Lipinski definition) is 2. The number of nitrogens with zero attached hydrogens (tertiary/aromatic N) is 2. The second-order valence-electron chi connectivity index (χ2n) is 7.56. The zero-order valence-electron chi connectivity index (χ0n) is 17.1. The summed E-state index contributed by atoms with van der Waals surface area (Å²) in [6.45, 7) is 8.17. The van der Waals surface area contributed by atoms with Gasteiger partial charge in [-0.05, 0) is 69.7 Å². The van der Waals surface area contributed by atoms with Crippen LogP contribution < -0.4 is 10.6 Å². The fourth-order valence-corrected chi connectivity index (χ4v) is 3.49. The first-order valence-electron chi connectivity index (χ1n) is 9.61. The van der Waals surface area contributed by atoms with Crippen LogP contribution in [0.15, 0.2) is 60.8 Å². The maximum Gasteiger partial charge on any atom is 0.324 e. The zero-order chi connectivity index (χ0) is 20.5. The molecule has 4 rings (SSSR count). The normalized spacial score (nSPS) is 10.9. The van der Waals surface area contributed by atoms with Crippen molar-refractivity contribution in [3.8, 4) is 11.3 Å². The molecule has 0 radical (unpaired) electrons. The molecule has 2 amide bonds. The van der Waals surface area contributed by atoms with E-state index in [-0.39, 0.29) is 6.03 Å². The molecule has 0 saturated heterocycles. The quantitative estimate of drug-likeness (QED) is 0.463. The SMILES string of the molecule is Cc1ccc(NC(=O)Nc2c(-c3cc(C)cc(C)c3)nc3cc(C)ccn23)cc1. The molecule has 146 valence electrons. The molecule has 0 aliphatic rings. The summed E-state index contributed by atoms with van der Waals surface area (Å²) in [7, 11) is 0. The Labute approximate surface area is 170 Å². The van der Waals surface area contributed by atoms with Gasteiger partial charge >= 0.3 is 6.03 Å². The fraction of sp³-hybridized carbons (Fsp3) is 0.167. The minimum Gasteiger partial charge on any atom is -0.308 e. The monoisotopic (exact) mass is 384 g/mol. The van der Waals surface area contributed by atoms with Crippen molar-refractivity contribution in [1.29, 1.82) is 0 Å². The molecule has 4 aromatic rings. The van der Waals surface area contributed by atoms with Gasteiger partial charge in [-0.1, -0.05) is 34.9 Å². The van der Waals surface area contributed by atoms with Gasteiger partial charge in [0, 0.05) is 17.4 Å². The standard InChI is InChI=1S/C24H24N4O/c1-15-5-7-20(8-6-15)25-24(29)27-23-22(19-12-17(3)11-18(4)13-19)26-21-14-16(2)9-10-28(21)23/h5-14H,1-4H3,(H2,25,27,29). The summed E-state index contributed by atoms with van der Waals surface area (Å²) in [5.41, 5.74) is 7.84. The topological polar surface area (TPSA) is 58.4 Å². The molecule has 2 aromatic carbocycles. The van der Waals surface area contributed by atoms with Crippen molar-refractivity contribution >= 4 is 23.2 Å². The molecule has 2 aromatic heterocycles. The molecule has 0 bridgehead atoms. The van der Waals surface area contributed by atoms with Crippen LogP contribution in [0, 0.1) is 27.7 Å². The van der Waals surface area contributed by atoms with Crippen LogP contribution in [0.2, 0.25) is 0 Å². The van der Waals surface area contributed by atoms with E-state index >= 15 is 0 Å². The van der Waals surface area contributed by atoms with Gasteiger partial charge in [0.05, 0.1) is 0 Å². The number of aryl methyl sites for hydroxylation is 4. The lowest BCUT2D eigenvalue weighted by atomic mass is 10.1. The lowest BCUT2D eigenvalue weighted by Gasteiger charge is -2.10. The molecule has 0 aliphatic carbocycles. The number of benzene rings is 2. The van der Waals surface area contributed by atoms with E-state index < -0.39 is 0 Å².